The molecule has 0 unspecified atom stereocenters. The number of furan rings is 1. The molecule has 24 heavy (non-hydrogen) atoms. The van der Waals surface area contributed by atoms with Gasteiger partial charge in [0.2, 0.25) is 0 Å². The van der Waals surface area contributed by atoms with Crippen molar-refractivity contribution in [1.29, 1.82) is 0 Å². The molecular formula is C19H17NO4. The maximum Gasteiger partial charge on any atom is 0.342 e. The number of esters is 1. The number of carbonyl (C=O) groups excluding carboxylic acids is 2. The van der Waals surface area contributed by atoms with E-state index >= 15 is 0 Å². The van der Waals surface area contributed by atoms with Crippen LogP contribution in [0.1, 0.15) is 21.9 Å². The molecule has 1 aromatic heterocycles. The van der Waals surface area contributed by atoms with Crippen LogP contribution in [0.3, 0.4) is 0 Å². The Labute approximate surface area is 139 Å². The summed E-state index contributed by atoms with van der Waals surface area (Å²) in [5.41, 5.74) is 0.996. The van der Waals surface area contributed by atoms with Crippen LogP contribution < -0.4 is 5.32 Å². The third-order valence-electron chi connectivity index (χ3n) is 3.63. The van der Waals surface area contributed by atoms with Gasteiger partial charge in [0.1, 0.15) is 17.1 Å². The zero-order chi connectivity index (χ0) is 17.1. The summed E-state index contributed by atoms with van der Waals surface area (Å²) in [5.74, 6) is 0.141. The van der Waals surface area contributed by atoms with E-state index in [4.69, 9.17) is 9.15 Å². The lowest BCUT2D eigenvalue weighted by molar-refractivity contribution is -0.119. The predicted octanol–water partition coefficient (Wildman–Crippen LogP) is 3.85. The molecule has 5 heteroatoms. The normalized spacial score (nSPS) is 10.6. The first kappa shape index (κ1) is 15.8. The highest BCUT2D eigenvalue weighted by atomic mass is 16.5. The van der Waals surface area contributed by atoms with Crippen LogP contribution in [0.25, 0.3) is 10.8 Å². The Bertz CT molecular complexity index is 911. The maximum atomic E-state index is 12.0. The van der Waals surface area contributed by atoms with Gasteiger partial charge in [0, 0.05) is 5.69 Å². The van der Waals surface area contributed by atoms with Crippen molar-refractivity contribution in [3.05, 3.63) is 65.6 Å². The van der Waals surface area contributed by atoms with Crippen LogP contribution in [0.15, 0.2) is 52.9 Å². The summed E-state index contributed by atoms with van der Waals surface area (Å²) in [7, 11) is 0. The van der Waals surface area contributed by atoms with Crippen LogP contribution >= 0.6 is 0 Å². The summed E-state index contributed by atoms with van der Waals surface area (Å²) in [6, 6.07) is 15.1. The molecule has 1 amide bonds. The molecule has 0 spiro atoms. The summed E-state index contributed by atoms with van der Waals surface area (Å²) >= 11 is 0. The quantitative estimate of drug-likeness (QED) is 0.741. The predicted molar refractivity (Wildman–Crippen MR) is 91.0 cm³/mol. The first-order valence-corrected chi connectivity index (χ1v) is 7.56. The average molecular weight is 323 g/mol. The highest BCUT2D eigenvalue weighted by molar-refractivity contribution is 5.97. The van der Waals surface area contributed by atoms with Gasteiger partial charge in [-0.15, -0.1) is 0 Å². The molecule has 122 valence electrons. The molecule has 0 saturated carbocycles. The fraction of sp³-hybridized carbons (Fsp3) is 0.158. The van der Waals surface area contributed by atoms with Crippen LogP contribution in [-0.2, 0) is 9.53 Å². The molecule has 1 N–H and O–H groups in total. The van der Waals surface area contributed by atoms with Crippen molar-refractivity contribution in [1.82, 2.24) is 0 Å². The van der Waals surface area contributed by atoms with Gasteiger partial charge >= 0.3 is 5.97 Å². The summed E-state index contributed by atoms with van der Waals surface area (Å²) in [5, 5.41) is 4.84. The largest absolute Gasteiger partial charge is 0.466 e. The minimum Gasteiger partial charge on any atom is -0.466 e. The van der Waals surface area contributed by atoms with Crippen LogP contribution in [0.2, 0.25) is 0 Å². The van der Waals surface area contributed by atoms with E-state index in [1.165, 1.54) is 0 Å². The standard InChI is InChI=1S/C19H17NO4/c1-12-9-17(13(2)24-12)19(22)23-11-18(21)20-16-8-7-14-5-3-4-6-15(14)10-16/h3-10H,11H2,1-2H3,(H,20,21). The number of fused-ring (bicyclic) bond motifs is 1. The van der Waals surface area contributed by atoms with Crippen molar-refractivity contribution in [3.8, 4) is 0 Å². The van der Waals surface area contributed by atoms with Gasteiger partial charge in [-0.1, -0.05) is 30.3 Å². The average Bonchev–Trinajstić information content (AvgIpc) is 2.91. The smallest absolute Gasteiger partial charge is 0.342 e. The lowest BCUT2D eigenvalue weighted by atomic mass is 10.1. The zero-order valence-corrected chi connectivity index (χ0v) is 13.5. The van der Waals surface area contributed by atoms with E-state index in [1.807, 2.05) is 42.5 Å². The fourth-order valence-electron chi connectivity index (χ4n) is 2.51. The lowest BCUT2D eigenvalue weighted by Crippen LogP contribution is -2.21. The van der Waals surface area contributed by atoms with E-state index in [1.54, 1.807) is 19.9 Å². The number of nitrogens with one attached hydrogen (secondary N) is 1. The highest BCUT2D eigenvalue weighted by Crippen LogP contribution is 2.19. The van der Waals surface area contributed by atoms with Crippen molar-refractivity contribution in [2.45, 2.75) is 13.8 Å². The molecule has 0 aliphatic carbocycles. The van der Waals surface area contributed by atoms with Crippen molar-refractivity contribution < 1.29 is 18.7 Å². The second-order valence-corrected chi connectivity index (χ2v) is 5.51. The maximum absolute atomic E-state index is 12.0. The fourth-order valence-corrected chi connectivity index (χ4v) is 2.51. The number of carbonyl (C=O) groups is 2. The second-order valence-electron chi connectivity index (χ2n) is 5.51. The summed E-state index contributed by atoms with van der Waals surface area (Å²) < 4.78 is 10.3. The molecule has 0 fully saturated rings. The van der Waals surface area contributed by atoms with Gasteiger partial charge in [0.15, 0.2) is 6.61 Å². The topological polar surface area (TPSA) is 68.5 Å². The van der Waals surface area contributed by atoms with E-state index in [-0.39, 0.29) is 6.61 Å². The third-order valence-corrected chi connectivity index (χ3v) is 3.63. The van der Waals surface area contributed by atoms with Gasteiger partial charge in [-0.25, -0.2) is 4.79 Å². The molecule has 0 aliphatic heterocycles. The number of hydrogen-bond acceptors (Lipinski definition) is 4. The molecule has 0 bridgehead atoms. The molecule has 1 heterocycles. The van der Waals surface area contributed by atoms with E-state index < -0.39 is 11.9 Å². The van der Waals surface area contributed by atoms with Gasteiger partial charge < -0.3 is 14.5 Å². The second kappa shape index (κ2) is 6.58. The zero-order valence-electron chi connectivity index (χ0n) is 13.5. The number of ether oxygens (including phenoxy) is 1. The van der Waals surface area contributed by atoms with Gasteiger partial charge in [0.05, 0.1) is 0 Å². The van der Waals surface area contributed by atoms with Crippen molar-refractivity contribution in [2.75, 3.05) is 11.9 Å². The number of benzene rings is 2. The van der Waals surface area contributed by atoms with Crippen molar-refractivity contribution in [2.24, 2.45) is 0 Å². The Morgan fingerprint density at radius 3 is 2.50 bits per heavy atom. The highest BCUT2D eigenvalue weighted by Gasteiger charge is 2.16. The minimum atomic E-state index is -0.571. The summed E-state index contributed by atoms with van der Waals surface area (Å²) in [6.07, 6.45) is 0. The van der Waals surface area contributed by atoms with Crippen LogP contribution in [0, 0.1) is 13.8 Å². The molecule has 0 saturated heterocycles. The number of hydrogen-bond donors (Lipinski definition) is 1. The third kappa shape index (κ3) is 3.46. The molecule has 2 aromatic carbocycles. The van der Waals surface area contributed by atoms with Crippen LogP contribution in [0.4, 0.5) is 5.69 Å². The molecule has 0 aliphatic rings. The van der Waals surface area contributed by atoms with E-state index in [2.05, 4.69) is 5.32 Å². The van der Waals surface area contributed by atoms with E-state index in [0.29, 0.717) is 22.8 Å². The summed E-state index contributed by atoms with van der Waals surface area (Å²) in [6.45, 7) is 3.07. The Balaban J connectivity index is 1.60. The van der Waals surface area contributed by atoms with Crippen LogP contribution in [-0.4, -0.2) is 18.5 Å². The van der Waals surface area contributed by atoms with Gasteiger partial charge in [-0.3, -0.25) is 4.79 Å². The van der Waals surface area contributed by atoms with E-state index in [9.17, 15) is 9.59 Å². The minimum absolute atomic E-state index is 0.339. The Morgan fingerprint density at radius 2 is 1.79 bits per heavy atom. The Hall–Kier alpha value is -3.08. The number of rotatable bonds is 4. The van der Waals surface area contributed by atoms with Crippen molar-refractivity contribution >= 4 is 28.3 Å². The van der Waals surface area contributed by atoms with Gasteiger partial charge in [-0.05, 0) is 42.8 Å². The molecule has 3 rings (SSSR count). The van der Waals surface area contributed by atoms with Crippen molar-refractivity contribution in [3.63, 3.8) is 0 Å². The molecule has 0 atom stereocenters. The number of anilines is 1. The summed E-state index contributed by atoms with van der Waals surface area (Å²) in [4.78, 5) is 23.9. The number of amides is 1. The Morgan fingerprint density at radius 1 is 1.04 bits per heavy atom. The van der Waals surface area contributed by atoms with Gasteiger partial charge in [0.25, 0.3) is 5.91 Å². The van der Waals surface area contributed by atoms with Gasteiger partial charge in [-0.2, -0.15) is 0 Å². The molecule has 0 radical (unpaired) electrons. The monoisotopic (exact) mass is 323 g/mol. The number of aryl methyl sites for hydroxylation is 2. The van der Waals surface area contributed by atoms with E-state index in [0.717, 1.165) is 10.8 Å². The first-order valence-electron chi connectivity index (χ1n) is 7.56. The first-order chi connectivity index (χ1) is 11.5. The Kier molecular flexibility index (Phi) is 4.33. The lowest BCUT2D eigenvalue weighted by Gasteiger charge is -2.07. The SMILES string of the molecule is Cc1cc(C(=O)OCC(=O)Nc2ccc3ccccc3c2)c(C)o1. The molecule has 5 nitrogen and oxygen atoms in total. The molecular weight excluding hydrogens is 306 g/mol. The van der Waals surface area contributed by atoms with Crippen LogP contribution in [0.5, 0.6) is 0 Å². The molecule has 3 aromatic rings.